The number of nitrogens with zero attached hydrogens (tertiary/aromatic N) is 1. The van der Waals surface area contributed by atoms with Gasteiger partial charge in [0.1, 0.15) is 0 Å². The first-order valence-corrected chi connectivity index (χ1v) is 8.73. The lowest BCUT2D eigenvalue weighted by molar-refractivity contribution is 0.0634. The van der Waals surface area contributed by atoms with E-state index in [1.165, 1.54) is 31.2 Å². The summed E-state index contributed by atoms with van der Waals surface area (Å²) in [7, 11) is 0. The van der Waals surface area contributed by atoms with Gasteiger partial charge in [0.25, 0.3) is 0 Å². The van der Waals surface area contributed by atoms with Gasteiger partial charge in [-0.25, -0.2) is 0 Å². The van der Waals surface area contributed by atoms with Crippen LogP contribution in [0, 0.1) is 0 Å². The molecule has 1 fully saturated rings. The van der Waals surface area contributed by atoms with Crippen LogP contribution >= 0.6 is 11.3 Å². The van der Waals surface area contributed by atoms with Crippen molar-refractivity contribution in [3.8, 4) is 0 Å². The van der Waals surface area contributed by atoms with Crippen molar-refractivity contribution in [1.82, 2.24) is 10.2 Å². The minimum Gasteiger partial charge on any atom is -0.309 e. The summed E-state index contributed by atoms with van der Waals surface area (Å²) in [4.78, 5) is 2.70. The van der Waals surface area contributed by atoms with E-state index in [0.29, 0.717) is 11.6 Å². The predicted molar refractivity (Wildman–Crippen MR) is 84.9 cm³/mol. The van der Waals surface area contributed by atoms with E-state index in [1.807, 2.05) is 11.3 Å². The second-order valence-corrected chi connectivity index (χ2v) is 6.31. The van der Waals surface area contributed by atoms with Crippen LogP contribution in [-0.2, 0) is 0 Å². The van der Waals surface area contributed by atoms with Gasteiger partial charge in [-0.1, -0.05) is 33.6 Å². The van der Waals surface area contributed by atoms with Gasteiger partial charge >= 0.3 is 0 Å². The zero-order valence-corrected chi connectivity index (χ0v) is 13.4. The summed E-state index contributed by atoms with van der Waals surface area (Å²) in [5.74, 6) is 0. The van der Waals surface area contributed by atoms with Crippen LogP contribution in [0.15, 0.2) is 16.8 Å². The molecule has 2 nitrogen and oxygen atoms in total. The van der Waals surface area contributed by atoms with Crippen LogP contribution < -0.4 is 5.32 Å². The Morgan fingerprint density at radius 3 is 2.42 bits per heavy atom. The van der Waals surface area contributed by atoms with Crippen LogP contribution in [0.1, 0.15) is 58.1 Å². The van der Waals surface area contributed by atoms with Crippen molar-refractivity contribution in [2.24, 2.45) is 0 Å². The van der Waals surface area contributed by atoms with Crippen LogP contribution in [-0.4, -0.2) is 30.1 Å². The van der Waals surface area contributed by atoms with Crippen LogP contribution in [0.5, 0.6) is 0 Å². The topological polar surface area (TPSA) is 15.3 Å². The predicted octanol–water partition coefficient (Wildman–Crippen LogP) is 4.05. The van der Waals surface area contributed by atoms with Crippen molar-refractivity contribution in [3.63, 3.8) is 0 Å². The molecule has 0 bridgehead atoms. The molecule has 108 valence electrons. The molecule has 1 heterocycles. The average molecular weight is 280 g/mol. The SMILES string of the molecule is CCNC(c1ccsc1)C1(N(CC)CC)CCCC1. The number of rotatable bonds is 7. The summed E-state index contributed by atoms with van der Waals surface area (Å²) in [6.45, 7) is 10.2. The third-order valence-electron chi connectivity index (χ3n) is 4.68. The monoisotopic (exact) mass is 280 g/mol. The summed E-state index contributed by atoms with van der Waals surface area (Å²) in [6.07, 6.45) is 5.43. The van der Waals surface area contributed by atoms with E-state index in [0.717, 1.165) is 19.6 Å². The first-order chi connectivity index (χ1) is 9.28. The molecule has 3 heteroatoms. The van der Waals surface area contributed by atoms with Gasteiger partial charge in [-0.2, -0.15) is 11.3 Å². The highest BCUT2D eigenvalue weighted by Gasteiger charge is 2.45. The summed E-state index contributed by atoms with van der Waals surface area (Å²) >= 11 is 1.82. The molecule has 1 unspecified atom stereocenters. The number of hydrogen-bond donors (Lipinski definition) is 1. The van der Waals surface area contributed by atoms with Crippen LogP contribution in [0.3, 0.4) is 0 Å². The normalized spacial score (nSPS) is 20.0. The van der Waals surface area contributed by atoms with Crippen molar-refractivity contribution in [3.05, 3.63) is 22.4 Å². The van der Waals surface area contributed by atoms with Gasteiger partial charge in [0, 0.05) is 5.54 Å². The highest BCUT2D eigenvalue weighted by atomic mass is 32.1. The second-order valence-electron chi connectivity index (χ2n) is 5.53. The van der Waals surface area contributed by atoms with Gasteiger partial charge < -0.3 is 5.32 Å². The molecule has 19 heavy (non-hydrogen) atoms. The number of hydrogen-bond acceptors (Lipinski definition) is 3. The van der Waals surface area contributed by atoms with E-state index < -0.39 is 0 Å². The lowest BCUT2D eigenvalue weighted by atomic mass is 9.82. The molecule has 1 aliphatic rings. The van der Waals surface area contributed by atoms with Crippen LogP contribution in [0.4, 0.5) is 0 Å². The van der Waals surface area contributed by atoms with E-state index in [-0.39, 0.29) is 0 Å². The van der Waals surface area contributed by atoms with Gasteiger partial charge in [0.05, 0.1) is 6.04 Å². The molecule has 0 aliphatic heterocycles. The summed E-state index contributed by atoms with van der Waals surface area (Å²) in [6, 6.07) is 2.80. The molecule has 1 aromatic rings. The smallest absolute Gasteiger partial charge is 0.0515 e. The van der Waals surface area contributed by atoms with Gasteiger partial charge in [0.2, 0.25) is 0 Å². The minimum absolute atomic E-state index is 0.334. The molecule has 2 rings (SSSR count). The largest absolute Gasteiger partial charge is 0.309 e. The van der Waals surface area contributed by atoms with Crippen molar-refractivity contribution in [1.29, 1.82) is 0 Å². The van der Waals surface area contributed by atoms with Crippen molar-refractivity contribution in [2.45, 2.75) is 58.0 Å². The Labute approximate surface area is 122 Å². The van der Waals surface area contributed by atoms with E-state index in [9.17, 15) is 0 Å². The van der Waals surface area contributed by atoms with Crippen molar-refractivity contribution in [2.75, 3.05) is 19.6 Å². The molecular formula is C16H28N2S. The molecule has 0 saturated heterocycles. The maximum absolute atomic E-state index is 3.78. The van der Waals surface area contributed by atoms with Gasteiger partial charge in [-0.05, 0) is 54.9 Å². The zero-order chi connectivity index (χ0) is 13.7. The Hall–Kier alpha value is -0.380. The maximum atomic E-state index is 3.78. The Kier molecular flexibility index (Phi) is 5.43. The van der Waals surface area contributed by atoms with E-state index in [2.05, 4.69) is 47.8 Å². The van der Waals surface area contributed by atoms with Crippen LogP contribution in [0.25, 0.3) is 0 Å². The van der Waals surface area contributed by atoms with E-state index in [1.54, 1.807) is 0 Å². The van der Waals surface area contributed by atoms with Gasteiger partial charge in [-0.15, -0.1) is 0 Å². The summed E-state index contributed by atoms with van der Waals surface area (Å²) < 4.78 is 0. The fraction of sp³-hybridized carbons (Fsp3) is 0.750. The molecule has 0 radical (unpaired) electrons. The molecule has 0 amide bonds. The summed E-state index contributed by atoms with van der Waals surface area (Å²) in [5, 5.41) is 8.33. The Morgan fingerprint density at radius 2 is 1.95 bits per heavy atom. The number of nitrogens with one attached hydrogen (secondary N) is 1. The van der Waals surface area contributed by atoms with Gasteiger partial charge in [0.15, 0.2) is 0 Å². The lowest BCUT2D eigenvalue weighted by Crippen LogP contribution is -2.54. The maximum Gasteiger partial charge on any atom is 0.0515 e. The lowest BCUT2D eigenvalue weighted by Gasteiger charge is -2.46. The van der Waals surface area contributed by atoms with Crippen molar-refractivity contribution >= 4 is 11.3 Å². The highest BCUT2D eigenvalue weighted by Crippen LogP contribution is 2.44. The van der Waals surface area contributed by atoms with Crippen molar-refractivity contribution < 1.29 is 0 Å². The third-order valence-corrected chi connectivity index (χ3v) is 5.39. The highest BCUT2D eigenvalue weighted by molar-refractivity contribution is 7.07. The molecule has 1 aromatic heterocycles. The third kappa shape index (κ3) is 2.88. The molecule has 1 atom stereocenters. The van der Waals surface area contributed by atoms with E-state index >= 15 is 0 Å². The fourth-order valence-electron chi connectivity index (χ4n) is 3.89. The first-order valence-electron chi connectivity index (χ1n) is 7.79. The Morgan fingerprint density at radius 1 is 1.26 bits per heavy atom. The number of thiophene rings is 1. The zero-order valence-electron chi connectivity index (χ0n) is 12.6. The standard InChI is InChI=1S/C16H28N2S/c1-4-17-15(14-9-12-19-13-14)16(10-7-8-11-16)18(5-2)6-3/h9,12-13,15,17H,4-8,10-11H2,1-3H3. The average Bonchev–Trinajstić information content (AvgIpc) is 3.09. The van der Waals surface area contributed by atoms with Crippen LogP contribution in [0.2, 0.25) is 0 Å². The molecule has 1 saturated carbocycles. The molecule has 1 N–H and O–H groups in total. The van der Waals surface area contributed by atoms with Gasteiger partial charge in [-0.3, -0.25) is 4.90 Å². The number of likely N-dealkylation sites (N-methyl/N-ethyl adjacent to an activating group) is 2. The minimum atomic E-state index is 0.334. The second kappa shape index (κ2) is 6.87. The quantitative estimate of drug-likeness (QED) is 0.810. The Bertz CT molecular complexity index is 351. The molecule has 1 aliphatic carbocycles. The van der Waals surface area contributed by atoms with E-state index in [4.69, 9.17) is 0 Å². The Balaban J connectivity index is 2.34. The molecule has 0 aromatic carbocycles. The first kappa shape index (κ1) is 15.0. The molecule has 0 spiro atoms. The summed E-state index contributed by atoms with van der Waals surface area (Å²) in [5.41, 5.74) is 1.82. The molecular weight excluding hydrogens is 252 g/mol. The fourth-order valence-corrected chi connectivity index (χ4v) is 4.58.